The highest BCUT2D eigenvalue weighted by atomic mass is 16.5. The van der Waals surface area contributed by atoms with Crippen LogP contribution in [0.3, 0.4) is 0 Å². The molecule has 2 nitrogen and oxygen atoms in total. The third kappa shape index (κ3) is 2.64. The summed E-state index contributed by atoms with van der Waals surface area (Å²) in [6, 6.07) is 3.90. The molecule has 0 saturated carbocycles. The van der Waals surface area contributed by atoms with Gasteiger partial charge in [0.2, 0.25) is 0 Å². The molecule has 0 radical (unpaired) electrons. The van der Waals surface area contributed by atoms with Crippen molar-refractivity contribution in [1.29, 1.82) is 0 Å². The summed E-state index contributed by atoms with van der Waals surface area (Å²) >= 11 is 0. The quantitative estimate of drug-likeness (QED) is 0.497. The maximum absolute atomic E-state index is 10.5. The Morgan fingerprint density at radius 3 is 3.05 bits per heavy atom. The minimum absolute atomic E-state index is 0.185. The molecule has 1 unspecified atom stereocenters. The Kier molecular flexibility index (Phi) is 3.98. The molecule has 0 saturated heterocycles. The summed E-state index contributed by atoms with van der Waals surface area (Å²) in [7, 11) is 0. The fourth-order valence-corrected chi connectivity index (χ4v) is 3.56. The predicted octanol–water partition coefficient (Wildman–Crippen LogP) is 4.69. The highest BCUT2D eigenvalue weighted by molar-refractivity contribution is 5.54. The van der Waals surface area contributed by atoms with E-state index in [-0.39, 0.29) is 11.8 Å². The van der Waals surface area contributed by atoms with Crippen LogP contribution in [0.2, 0.25) is 0 Å². The van der Waals surface area contributed by atoms with Gasteiger partial charge in [0, 0.05) is 23.8 Å². The number of phenols is 1. The third-order valence-electron chi connectivity index (χ3n) is 4.70. The van der Waals surface area contributed by atoms with Gasteiger partial charge >= 0.3 is 0 Å². The van der Waals surface area contributed by atoms with Gasteiger partial charge in [-0.1, -0.05) is 18.2 Å². The Hall–Kier alpha value is -2.14. The van der Waals surface area contributed by atoms with E-state index in [2.05, 4.69) is 25.5 Å². The van der Waals surface area contributed by atoms with Crippen molar-refractivity contribution in [3.8, 4) is 23.8 Å². The van der Waals surface area contributed by atoms with E-state index in [0.29, 0.717) is 5.75 Å². The third-order valence-corrected chi connectivity index (χ3v) is 4.70. The maximum atomic E-state index is 10.5. The number of terminal acetylenes is 1. The molecule has 0 fully saturated rings. The number of aryl methyl sites for hydroxylation is 1. The van der Waals surface area contributed by atoms with Crippen LogP contribution in [0.25, 0.3) is 0 Å². The van der Waals surface area contributed by atoms with Gasteiger partial charge in [0.15, 0.2) is 0 Å². The molecule has 2 aliphatic rings. The van der Waals surface area contributed by atoms with Gasteiger partial charge in [0.25, 0.3) is 0 Å². The van der Waals surface area contributed by atoms with Gasteiger partial charge in [0.1, 0.15) is 17.3 Å². The second kappa shape index (κ2) is 5.93. The second-order valence-corrected chi connectivity index (χ2v) is 6.34. The van der Waals surface area contributed by atoms with Crippen molar-refractivity contribution in [2.45, 2.75) is 44.9 Å². The molecule has 0 amide bonds. The number of unbranched alkanes of at least 4 members (excludes halogenated alkanes) is 1. The van der Waals surface area contributed by atoms with Gasteiger partial charge in [-0.05, 0) is 50.3 Å². The van der Waals surface area contributed by atoms with E-state index < -0.39 is 0 Å². The number of aromatic hydroxyl groups is 1. The first-order valence-electron chi connectivity index (χ1n) is 7.93. The molecule has 1 aliphatic heterocycles. The zero-order valence-electron chi connectivity index (χ0n) is 13.1. The van der Waals surface area contributed by atoms with Crippen LogP contribution in [0, 0.1) is 18.3 Å². The molecule has 2 atom stereocenters. The van der Waals surface area contributed by atoms with Gasteiger partial charge < -0.3 is 9.84 Å². The zero-order chi connectivity index (χ0) is 15.7. The van der Waals surface area contributed by atoms with Crippen LogP contribution in [-0.4, -0.2) is 5.11 Å². The molecule has 0 aromatic heterocycles. The topological polar surface area (TPSA) is 29.5 Å². The molecule has 1 aliphatic carbocycles. The number of ether oxygens (including phenoxy) is 1. The summed E-state index contributed by atoms with van der Waals surface area (Å²) in [4.78, 5) is 0. The maximum Gasteiger partial charge on any atom is 0.134 e. The van der Waals surface area contributed by atoms with E-state index >= 15 is 0 Å². The van der Waals surface area contributed by atoms with E-state index in [0.717, 1.165) is 54.7 Å². The summed E-state index contributed by atoms with van der Waals surface area (Å²) in [6.45, 7) is 6.25. The first-order chi connectivity index (χ1) is 10.6. The van der Waals surface area contributed by atoms with Gasteiger partial charge in [-0.2, -0.15) is 0 Å². The highest BCUT2D eigenvalue weighted by Crippen LogP contribution is 2.51. The predicted molar refractivity (Wildman–Crippen MR) is 88.9 cm³/mol. The molecule has 2 heteroatoms. The monoisotopic (exact) mass is 294 g/mol. The lowest BCUT2D eigenvalue weighted by atomic mass is 9.74. The van der Waals surface area contributed by atoms with Gasteiger partial charge in [-0.15, -0.1) is 12.3 Å². The van der Waals surface area contributed by atoms with Crippen LogP contribution in [0.5, 0.6) is 11.5 Å². The average molecular weight is 294 g/mol. The lowest BCUT2D eigenvalue weighted by molar-refractivity contribution is 0.275. The fourth-order valence-electron chi connectivity index (χ4n) is 3.56. The molecule has 1 aromatic rings. The number of rotatable bonds is 3. The molecular formula is C20H22O2. The Balaban J connectivity index is 1.97. The van der Waals surface area contributed by atoms with Crippen LogP contribution in [0.15, 0.2) is 36.1 Å². The number of allylic oxidation sites excluding steroid dienone is 3. The molecular weight excluding hydrogens is 272 g/mol. The molecule has 22 heavy (non-hydrogen) atoms. The van der Waals surface area contributed by atoms with E-state index in [1.807, 2.05) is 12.1 Å². The van der Waals surface area contributed by atoms with Crippen molar-refractivity contribution in [1.82, 2.24) is 0 Å². The fraction of sp³-hybridized carbons (Fsp3) is 0.400. The van der Waals surface area contributed by atoms with Crippen molar-refractivity contribution in [3.05, 3.63) is 47.2 Å². The van der Waals surface area contributed by atoms with Crippen LogP contribution in [-0.2, 0) is 6.42 Å². The standard InChI is InChI=1S/C20H22O2/c1-4-5-6-7-15-11-18(21)20-17-10-13(2)8-9-16(17)14(3)22-19(20)12-15/h1,10-12,16-17,21H,3,5-9H2,2H3/t16-,17?/m0/s1. The number of phenolic OH excluding ortho intramolecular Hbond substituents is 1. The van der Waals surface area contributed by atoms with Crippen LogP contribution >= 0.6 is 0 Å². The van der Waals surface area contributed by atoms with Gasteiger partial charge in [0.05, 0.1) is 0 Å². The molecule has 1 aromatic carbocycles. The van der Waals surface area contributed by atoms with Crippen molar-refractivity contribution < 1.29 is 9.84 Å². The van der Waals surface area contributed by atoms with Crippen molar-refractivity contribution in [3.63, 3.8) is 0 Å². The van der Waals surface area contributed by atoms with Crippen LogP contribution in [0.4, 0.5) is 0 Å². The van der Waals surface area contributed by atoms with E-state index in [1.165, 1.54) is 5.57 Å². The average Bonchev–Trinajstić information content (AvgIpc) is 2.46. The zero-order valence-corrected chi connectivity index (χ0v) is 13.1. The first kappa shape index (κ1) is 14.8. The molecule has 0 bridgehead atoms. The van der Waals surface area contributed by atoms with Crippen molar-refractivity contribution in [2.75, 3.05) is 0 Å². The van der Waals surface area contributed by atoms with Gasteiger partial charge in [-0.25, -0.2) is 0 Å². The summed E-state index contributed by atoms with van der Waals surface area (Å²) in [5.74, 6) is 5.02. The number of benzene rings is 1. The SMILES string of the molecule is C#CCCCc1cc(O)c2c(c1)OC(=C)[C@@H]1CCC(C)=CC21. The number of fused-ring (bicyclic) bond motifs is 3. The van der Waals surface area contributed by atoms with Gasteiger partial charge in [-0.3, -0.25) is 0 Å². The lowest BCUT2D eigenvalue weighted by Crippen LogP contribution is -2.25. The van der Waals surface area contributed by atoms with Crippen molar-refractivity contribution in [2.24, 2.45) is 5.92 Å². The largest absolute Gasteiger partial charge is 0.507 e. The molecule has 3 rings (SSSR count). The Labute approximate surface area is 132 Å². The molecule has 1 heterocycles. The van der Waals surface area contributed by atoms with E-state index in [1.54, 1.807) is 0 Å². The minimum Gasteiger partial charge on any atom is -0.507 e. The second-order valence-electron chi connectivity index (χ2n) is 6.34. The Morgan fingerprint density at radius 2 is 2.27 bits per heavy atom. The summed E-state index contributed by atoms with van der Waals surface area (Å²) in [5.41, 5.74) is 3.35. The number of hydrogen-bond donors (Lipinski definition) is 1. The Bertz CT molecular complexity index is 676. The normalized spacial score (nSPS) is 22.9. The lowest BCUT2D eigenvalue weighted by Gasteiger charge is -2.37. The van der Waals surface area contributed by atoms with Crippen LogP contribution in [0.1, 0.15) is 49.7 Å². The van der Waals surface area contributed by atoms with Crippen molar-refractivity contribution >= 4 is 0 Å². The summed E-state index contributed by atoms with van der Waals surface area (Å²) in [6.07, 6.45) is 12.2. The smallest absolute Gasteiger partial charge is 0.134 e. The summed E-state index contributed by atoms with van der Waals surface area (Å²) < 4.78 is 5.94. The first-order valence-corrected chi connectivity index (χ1v) is 7.93. The van der Waals surface area contributed by atoms with E-state index in [9.17, 15) is 5.11 Å². The number of hydrogen-bond acceptors (Lipinski definition) is 2. The molecule has 1 N–H and O–H groups in total. The summed E-state index contributed by atoms with van der Waals surface area (Å²) in [5, 5.41) is 10.5. The van der Waals surface area contributed by atoms with E-state index in [4.69, 9.17) is 11.2 Å². The highest BCUT2D eigenvalue weighted by Gasteiger charge is 2.36. The molecule has 0 spiro atoms. The minimum atomic E-state index is 0.185. The van der Waals surface area contributed by atoms with Crippen LogP contribution < -0.4 is 4.74 Å². The molecule has 114 valence electrons. The Morgan fingerprint density at radius 1 is 1.45 bits per heavy atom.